The first kappa shape index (κ1) is 10.9. The van der Waals surface area contributed by atoms with Crippen LogP contribution in [0.5, 0.6) is 0 Å². The van der Waals surface area contributed by atoms with Crippen molar-refractivity contribution in [1.82, 2.24) is 4.90 Å². The maximum Gasteiger partial charge on any atom is 0.0379 e. The Morgan fingerprint density at radius 2 is 1.94 bits per heavy atom. The molecule has 96 valence electrons. The van der Waals surface area contributed by atoms with Gasteiger partial charge in [-0.3, -0.25) is 0 Å². The molecule has 0 unspecified atom stereocenters. The second-order valence-corrected chi connectivity index (χ2v) is 6.42. The van der Waals surface area contributed by atoms with Crippen LogP contribution in [0.2, 0.25) is 0 Å². The zero-order chi connectivity index (χ0) is 12.0. The Kier molecular flexibility index (Phi) is 2.41. The summed E-state index contributed by atoms with van der Waals surface area (Å²) in [5.74, 6) is 1.04. The maximum atomic E-state index is 3.61. The molecule has 1 aromatic carbocycles. The van der Waals surface area contributed by atoms with Gasteiger partial charge in [0.1, 0.15) is 0 Å². The van der Waals surface area contributed by atoms with E-state index in [0.717, 1.165) is 12.5 Å². The highest BCUT2D eigenvalue weighted by molar-refractivity contribution is 5.60. The van der Waals surface area contributed by atoms with E-state index in [-0.39, 0.29) is 0 Å². The second kappa shape index (κ2) is 3.99. The first-order valence-corrected chi connectivity index (χ1v) is 7.41. The summed E-state index contributed by atoms with van der Waals surface area (Å²) in [6.45, 7) is 5.12. The van der Waals surface area contributed by atoms with E-state index < -0.39 is 0 Å². The van der Waals surface area contributed by atoms with Crippen molar-refractivity contribution in [2.75, 3.05) is 31.5 Å². The lowest BCUT2D eigenvalue weighted by molar-refractivity contribution is 0.163. The lowest BCUT2D eigenvalue weighted by Crippen LogP contribution is -2.44. The molecule has 2 aliphatic heterocycles. The van der Waals surface area contributed by atoms with Gasteiger partial charge < -0.3 is 10.2 Å². The quantitative estimate of drug-likeness (QED) is 0.858. The molecule has 1 aliphatic carbocycles. The number of para-hydroxylation sites is 1. The molecule has 1 saturated heterocycles. The Morgan fingerprint density at radius 1 is 1.17 bits per heavy atom. The first-order valence-electron chi connectivity index (χ1n) is 7.41. The smallest absolute Gasteiger partial charge is 0.0379 e. The van der Waals surface area contributed by atoms with Gasteiger partial charge in [-0.15, -0.1) is 0 Å². The Balaban J connectivity index is 1.50. The Labute approximate surface area is 109 Å². The topological polar surface area (TPSA) is 15.3 Å². The van der Waals surface area contributed by atoms with Gasteiger partial charge in [0.15, 0.2) is 0 Å². The minimum Gasteiger partial charge on any atom is -0.384 e. The third-order valence-electron chi connectivity index (χ3n) is 5.14. The predicted molar refractivity (Wildman–Crippen MR) is 75.0 cm³/mol. The Bertz CT molecular complexity index is 442. The van der Waals surface area contributed by atoms with Gasteiger partial charge >= 0.3 is 0 Å². The molecule has 1 spiro atoms. The molecular formula is C16H22N2. The average Bonchev–Trinajstić information content (AvgIpc) is 3.17. The zero-order valence-corrected chi connectivity index (χ0v) is 11.0. The fourth-order valence-corrected chi connectivity index (χ4v) is 3.73. The van der Waals surface area contributed by atoms with E-state index in [2.05, 4.69) is 34.5 Å². The molecule has 1 N–H and O–H groups in total. The fraction of sp³-hybridized carbons (Fsp3) is 0.625. The van der Waals surface area contributed by atoms with E-state index in [0.29, 0.717) is 5.41 Å². The van der Waals surface area contributed by atoms with Crippen LogP contribution in [0.3, 0.4) is 0 Å². The van der Waals surface area contributed by atoms with Crippen molar-refractivity contribution in [3.05, 3.63) is 29.8 Å². The number of fused-ring (bicyclic) bond motifs is 2. The summed E-state index contributed by atoms with van der Waals surface area (Å²) in [5, 5.41) is 3.61. The van der Waals surface area contributed by atoms with Gasteiger partial charge in [0.05, 0.1) is 0 Å². The van der Waals surface area contributed by atoms with E-state index in [9.17, 15) is 0 Å². The molecule has 1 saturated carbocycles. The van der Waals surface area contributed by atoms with Crippen molar-refractivity contribution in [1.29, 1.82) is 0 Å². The van der Waals surface area contributed by atoms with Crippen molar-refractivity contribution in [3.8, 4) is 0 Å². The van der Waals surface area contributed by atoms with Gasteiger partial charge in [0, 0.05) is 24.2 Å². The van der Waals surface area contributed by atoms with Crippen molar-refractivity contribution in [3.63, 3.8) is 0 Å². The predicted octanol–water partition coefficient (Wildman–Crippen LogP) is 2.86. The average molecular weight is 242 g/mol. The number of hydrogen-bond donors (Lipinski definition) is 1. The highest BCUT2D eigenvalue weighted by atomic mass is 15.1. The number of nitrogens with one attached hydrogen (secondary N) is 1. The van der Waals surface area contributed by atoms with Gasteiger partial charge in [-0.1, -0.05) is 18.2 Å². The van der Waals surface area contributed by atoms with E-state index in [1.54, 1.807) is 5.56 Å². The SMILES string of the molecule is c1ccc2c(c1)NCC21CCN(CC2CC2)CC1. The van der Waals surface area contributed by atoms with Crippen molar-refractivity contribution >= 4 is 5.69 Å². The summed E-state index contributed by atoms with van der Waals surface area (Å²) in [6.07, 6.45) is 5.63. The van der Waals surface area contributed by atoms with Crippen LogP contribution in [0.25, 0.3) is 0 Å². The van der Waals surface area contributed by atoms with E-state index in [4.69, 9.17) is 0 Å². The van der Waals surface area contributed by atoms with Crippen LogP contribution in [0.4, 0.5) is 5.69 Å². The number of benzene rings is 1. The van der Waals surface area contributed by atoms with Gasteiger partial charge in [-0.2, -0.15) is 0 Å². The van der Waals surface area contributed by atoms with Crippen LogP contribution in [-0.4, -0.2) is 31.1 Å². The summed E-state index contributed by atoms with van der Waals surface area (Å²) >= 11 is 0. The number of nitrogens with zero attached hydrogens (tertiary/aromatic N) is 1. The fourth-order valence-electron chi connectivity index (χ4n) is 3.73. The Hall–Kier alpha value is -1.02. The monoisotopic (exact) mass is 242 g/mol. The molecule has 2 nitrogen and oxygen atoms in total. The summed E-state index contributed by atoms with van der Waals surface area (Å²) in [4.78, 5) is 2.70. The lowest BCUT2D eigenvalue weighted by atomic mass is 9.74. The minimum absolute atomic E-state index is 0.441. The van der Waals surface area contributed by atoms with Crippen LogP contribution in [0.15, 0.2) is 24.3 Å². The summed E-state index contributed by atoms with van der Waals surface area (Å²) in [5.41, 5.74) is 3.40. The maximum absolute atomic E-state index is 3.61. The second-order valence-electron chi connectivity index (χ2n) is 6.42. The first-order chi connectivity index (χ1) is 8.86. The molecule has 0 bridgehead atoms. The van der Waals surface area contributed by atoms with E-state index >= 15 is 0 Å². The molecular weight excluding hydrogens is 220 g/mol. The highest BCUT2D eigenvalue weighted by Gasteiger charge is 2.41. The largest absolute Gasteiger partial charge is 0.384 e. The molecule has 18 heavy (non-hydrogen) atoms. The highest BCUT2D eigenvalue weighted by Crippen LogP contribution is 2.44. The van der Waals surface area contributed by atoms with Crippen LogP contribution < -0.4 is 5.32 Å². The van der Waals surface area contributed by atoms with Crippen LogP contribution in [0.1, 0.15) is 31.2 Å². The van der Waals surface area contributed by atoms with Crippen LogP contribution >= 0.6 is 0 Å². The molecule has 0 amide bonds. The normalized spacial score (nSPS) is 26.0. The van der Waals surface area contributed by atoms with Crippen molar-refractivity contribution < 1.29 is 0 Å². The molecule has 2 heteroatoms. The molecule has 1 aromatic rings. The Morgan fingerprint density at radius 3 is 2.72 bits per heavy atom. The van der Waals surface area contributed by atoms with Gasteiger partial charge in [0.2, 0.25) is 0 Å². The standard InChI is InChI=1S/C16H22N2/c1-2-4-15-14(3-1)16(12-17-15)7-9-18(10-8-16)11-13-5-6-13/h1-4,13,17H,5-12H2. The van der Waals surface area contributed by atoms with E-state index in [1.807, 2.05) is 0 Å². The van der Waals surface area contributed by atoms with Gasteiger partial charge in [-0.25, -0.2) is 0 Å². The number of anilines is 1. The molecule has 3 aliphatic rings. The molecule has 4 rings (SSSR count). The van der Waals surface area contributed by atoms with E-state index in [1.165, 1.54) is 51.0 Å². The van der Waals surface area contributed by atoms with Crippen molar-refractivity contribution in [2.45, 2.75) is 31.1 Å². The minimum atomic E-state index is 0.441. The molecule has 2 fully saturated rings. The number of rotatable bonds is 2. The molecule has 0 radical (unpaired) electrons. The van der Waals surface area contributed by atoms with Crippen LogP contribution in [-0.2, 0) is 5.41 Å². The molecule has 0 aromatic heterocycles. The zero-order valence-electron chi connectivity index (χ0n) is 11.0. The number of hydrogen-bond acceptors (Lipinski definition) is 2. The van der Waals surface area contributed by atoms with Gasteiger partial charge in [0.25, 0.3) is 0 Å². The summed E-state index contributed by atoms with van der Waals surface area (Å²) in [6, 6.07) is 8.92. The molecule has 2 heterocycles. The van der Waals surface area contributed by atoms with Gasteiger partial charge in [-0.05, 0) is 56.3 Å². The van der Waals surface area contributed by atoms with Crippen molar-refractivity contribution in [2.24, 2.45) is 5.92 Å². The van der Waals surface area contributed by atoms with Crippen LogP contribution in [0, 0.1) is 5.92 Å². The molecule has 0 atom stereocenters. The lowest BCUT2D eigenvalue weighted by Gasteiger charge is -2.39. The third-order valence-corrected chi connectivity index (χ3v) is 5.14. The third kappa shape index (κ3) is 1.74. The number of likely N-dealkylation sites (tertiary alicyclic amines) is 1. The number of piperidine rings is 1. The summed E-state index contributed by atoms with van der Waals surface area (Å²) in [7, 11) is 0. The summed E-state index contributed by atoms with van der Waals surface area (Å²) < 4.78 is 0.